The second-order valence-corrected chi connectivity index (χ2v) is 7.49. The van der Waals surface area contributed by atoms with Crippen molar-refractivity contribution in [2.45, 2.75) is 45.6 Å². The molecule has 1 rings (SSSR count). The third kappa shape index (κ3) is 1.27. The fraction of sp³-hybridized carbons (Fsp3) is 1.00. The Balaban J connectivity index is 2.86. The van der Waals surface area contributed by atoms with Crippen LogP contribution in [-0.2, 0) is 0 Å². The van der Waals surface area contributed by atoms with Crippen LogP contribution in [0, 0.1) is 11.3 Å². The van der Waals surface area contributed by atoms with Crippen LogP contribution >= 0.6 is 11.1 Å². The summed E-state index contributed by atoms with van der Waals surface area (Å²) in [6.45, 7) is 9.53. The monoisotopic (exact) mass is 190 g/mol. The lowest BCUT2D eigenvalue weighted by atomic mass is 9.76. The lowest BCUT2D eigenvalue weighted by Gasteiger charge is -2.39. The molecule has 0 amide bonds. The lowest BCUT2D eigenvalue weighted by Crippen LogP contribution is -2.30. The largest absolute Gasteiger partial charge is 0.176 e. The third-order valence-corrected chi connectivity index (χ3v) is 7.84. The van der Waals surface area contributed by atoms with Crippen LogP contribution in [-0.4, -0.2) is 8.83 Å². The molecular formula is C9H19ClSi. The van der Waals surface area contributed by atoms with Crippen LogP contribution in [0.4, 0.5) is 0 Å². The highest BCUT2D eigenvalue weighted by Gasteiger charge is 2.48. The van der Waals surface area contributed by atoms with Crippen LogP contribution in [0.5, 0.6) is 0 Å². The van der Waals surface area contributed by atoms with E-state index in [2.05, 4.69) is 27.7 Å². The summed E-state index contributed by atoms with van der Waals surface area (Å²) in [5, 5.41) is 0.508. The molecule has 0 aromatic carbocycles. The molecule has 0 saturated heterocycles. The van der Waals surface area contributed by atoms with Crippen LogP contribution in [0.2, 0.25) is 5.04 Å². The molecule has 66 valence electrons. The fourth-order valence-corrected chi connectivity index (χ4v) is 4.52. The first-order valence-corrected chi connectivity index (χ1v) is 7.34. The second-order valence-electron chi connectivity index (χ2n) is 4.86. The molecular weight excluding hydrogens is 172 g/mol. The summed E-state index contributed by atoms with van der Waals surface area (Å²) in [6, 6.07) is 0. The normalized spacial score (nSPS) is 43.9. The topological polar surface area (TPSA) is 0 Å². The molecule has 1 saturated carbocycles. The van der Waals surface area contributed by atoms with Gasteiger partial charge in [-0.25, -0.2) is 0 Å². The maximum atomic E-state index is 6.14. The third-order valence-electron chi connectivity index (χ3n) is 4.21. The Hall–Kier alpha value is 0.507. The Labute approximate surface area is 77.2 Å². The standard InChI is InChI=1S/C9H19ClSi/c1-7-5-6-9(4,11-10)8(7,2)3/h7H,5-6,11H2,1-4H3. The minimum absolute atomic E-state index is 0.370. The summed E-state index contributed by atoms with van der Waals surface area (Å²) in [6.07, 6.45) is 2.74. The molecule has 1 aliphatic rings. The van der Waals surface area contributed by atoms with Gasteiger partial charge in [0.15, 0.2) is 0 Å². The molecule has 0 bridgehead atoms. The quantitative estimate of drug-likeness (QED) is 0.441. The summed E-state index contributed by atoms with van der Waals surface area (Å²) in [4.78, 5) is 0. The van der Waals surface area contributed by atoms with E-state index in [1.807, 2.05) is 0 Å². The summed E-state index contributed by atoms with van der Waals surface area (Å²) >= 11 is 6.14. The van der Waals surface area contributed by atoms with E-state index < -0.39 is 0 Å². The van der Waals surface area contributed by atoms with Gasteiger partial charge in [-0.3, -0.25) is 0 Å². The smallest absolute Gasteiger partial charge is 0.131 e. The summed E-state index contributed by atoms with van der Waals surface area (Å²) in [5.41, 5.74) is 0.487. The van der Waals surface area contributed by atoms with Crippen molar-refractivity contribution in [1.82, 2.24) is 0 Å². The first-order valence-electron chi connectivity index (χ1n) is 4.50. The Kier molecular flexibility index (Phi) is 2.42. The van der Waals surface area contributed by atoms with Crippen molar-refractivity contribution in [3.8, 4) is 0 Å². The van der Waals surface area contributed by atoms with Gasteiger partial charge in [0.2, 0.25) is 0 Å². The molecule has 11 heavy (non-hydrogen) atoms. The van der Waals surface area contributed by atoms with Crippen molar-refractivity contribution >= 4 is 19.9 Å². The number of halogens is 1. The molecule has 2 heteroatoms. The minimum atomic E-state index is -0.370. The maximum absolute atomic E-state index is 6.14. The molecule has 0 heterocycles. The van der Waals surface area contributed by atoms with Gasteiger partial charge in [-0.05, 0) is 29.2 Å². The van der Waals surface area contributed by atoms with E-state index in [1.54, 1.807) is 0 Å². The first kappa shape index (κ1) is 9.59. The molecule has 0 aromatic heterocycles. The molecule has 0 radical (unpaired) electrons. The van der Waals surface area contributed by atoms with Crippen molar-refractivity contribution in [2.75, 3.05) is 0 Å². The SMILES string of the molecule is CC1CCC(C)([SiH2]Cl)C1(C)C. The van der Waals surface area contributed by atoms with Crippen molar-refractivity contribution in [3.05, 3.63) is 0 Å². The molecule has 0 aliphatic heterocycles. The summed E-state index contributed by atoms with van der Waals surface area (Å²) in [7, 11) is -0.370. The van der Waals surface area contributed by atoms with Crippen LogP contribution in [0.3, 0.4) is 0 Å². The zero-order chi connectivity index (χ0) is 8.70. The van der Waals surface area contributed by atoms with Gasteiger partial charge >= 0.3 is 0 Å². The maximum Gasteiger partial charge on any atom is 0.131 e. The first-order chi connectivity index (χ1) is 4.94. The molecule has 0 nitrogen and oxygen atoms in total. The van der Waals surface area contributed by atoms with Crippen LogP contribution in [0.1, 0.15) is 40.5 Å². The van der Waals surface area contributed by atoms with E-state index in [4.69, 9.17) is 11.1 Å². The average molecular weight is 191 g/mol. The molecule has 0 aromatic rings. The average Bonchev–Trinajstić information content (AvgIpc) is 2.15. The van der Waals surface area contributed by atoms with Gasteiger partial charge in [-0.2, -0.15) is 11.1 Å². The van der Waals surface area contributed by atoms with Crippen molar-refractivity contribution in [3.63, 3.8) is 0 Å². The molecule has 1 aliphatic carbocycles. The zero-order valence-electron chi connectivity index (χ0n) is 8.08. The van der Waals surface area contributed by atoms with Gasteiger partial charge in [-0.15, -0.1) is 0 Å². The molecule has 1 fully saturated rings. The van der Waals surface area contributed by atoms with E-state index in [0.29, 0.717) is 10.5 Å². The fourth-order valence-electron chi connectivity index (χ4n) is 2.05. The Morgan fingerprint density at radius 2 is 1.91 bits per heavy atom. The van der Waals surface area contributed by atoms with Gasteiger partial charge in [0.25, 0.3) is 0 Å². The van der Waals surface area contributed by atoms with Gasteiger partial charge in [0, 0.05) is 0 Å². The highest BCUT2D eigenvalue weighted by molar-refractivity contribution is 6.95. The van der Waals surface area contributed by atoms with Crippen LogP contribution in [0.25, 0.3) is 0 Å². The summed E-state index contributed by atoms with van der Waals surface area (Å²) < 4.78 is 0. The highest BCUT2D eigenvalue weighted by Crippen LogP contribution is 2.60. The number of hydrogen-bond donors (Lipinski definition) is 0. The van der Waals surface area contributed by atoms with E-state index >= 15 is 0 Å². The molecule has 0 spiro atoms. The van der Waals surface area contributed by atoms with Gasteiger partial charge in [-0.1, -0.05) is 27.7 Å². The van der Waals surface area contributed by atoms with Crippen molar-refractivity contribution in [1.29, 1.82) is 0 Å². The van der Waals surface area contributed by atoms with Gasteiger partial charge in [0.05, 0.1) is 0 Å². The van der Waals surface area contributed by atoms with Crippen LogP contribution in [0.15, 0.2) is 0 Å². The van der Waals surface area contributed by atoms with E-state index in [1.165, 1.54) is 12.8 Å². The van der Waals surface area contributed by atoms with E-state index in [-0.39, 0.29) is 8.83 Å². The van der Waals surface area contributed by atoms with Gasteiger partial charge < -0.3 is 0 Å². The Morgan fingerprint density at radius 3 is 2.09 bits per heavy atom. The van der Waals surface area contributed by atoms with Crippen molar-refractivity contribution in [2.24, 2.45) is 11.3 Å². The second kappa shape index (κ2) is 2.77. The van der Waals surface area contributed by atoms with Crippen molar-refractivity contribution < 1.29 is 0 Å². The van der Waals surface area contributed by atoms with Crippen LogP contribution < -0.4 is 0 Å². The Morgan fingerprint density at radius 1 is 1.36 bits per heavy atom. The molecule has 2 unspecified atom stereocenters. The van der Waals surface area contributed by atoms with E-state index in [9.17, 15) is 0 Å². The van der Waals surface area contributed by atoms with Gasteiger partial charge in [0.1, 0.15) is 8.83 Å². The predicted octanol–water partition coefficient (Wildman–Crippen LogP) is 2.94. The predicted molar refractivity (Wildman–Crippen MR) is 54.9 cm³/mol. The molecule has 2 atom stereocenters. The Bertz CT molecular complexity index is 153. The minimum Gasteiger partial charge on any atom is -0.176 e. The summed E-state index contributed by atoms with van der Waals surface area (Å²) in [5.74, 6) is 0.860. The van der Waals surface area contributed by atoms with E-state index in [0.717, 1.165) is 5.92 Å². The zero-order valence-corrected chi connectivity index (χ0v) is 10.2. The lowest BCUT2D eigenvalue weighted by molar-refractivity contribution is 0.225. The molecule has 0 N–H and O–H groups in total. The highest BCUT2D eigenvalue weighted by atomic mass is 35.6. The number of hydrogen-bond acceptors (Lipinski definition) is 0. The number of rotatable bonds is 1.